The highest BCUT2D eigenvalue weighted by Crippen LogP contribution is 2.30. The fraction of sp³-hybridized carbons (Fsp3) is 0.571. The summed E-state index contributed by atoms with van der Waals surface area (Å²) < 4.78 is 0. The van der Waals surface area contributed by atoms with Gasteiger partial charge in [-0.3, -0.25) is 0 Å². The van der Waals surface area contributed by atoms with E-state index in [-0.39, 0.29) is 0 Å². The predicted octanol–water partition coefficient (Wildman–Crippen LogP) is 3.70. The molecule has 0 aromatic carbocycles. The summed E-state index contributed by atoms with van der Waals surface area (Å²) in [4.78, 5) is 12.6. The first kappa shape index (κ1) is 15.4. The fourth-order valence-corrected chi connectivity index (χ4v) is 3.37. The minimum Gasteiger partial charge on any atom is -0.356 e. The lowest BCUT2D eigenvalue weighted by Crippen LogP contribution is -2.30. The monoisotopic (exact) mass is 310 g/mol. The van der Waals surface area contributed by atoms with Gasteiger partial charge < -0.3 is 10.2 Å². The fourth-order valence-electron chi connectivity index (χ4n) is 2.04. The van der Waals surface area contributed by atoms with Crippen molar-refractivity contribution in [3.63, 3.8) is 0 Å². The van der Waals surface area contributed by atoms with Crippen molar-refractivity contribution in [1.82, 2.24) is 9.97 Å². The van der Waals surface area contributed by atoms with Gasteiger partial charge in [-0.25, -0.2) is 4.98 Å². The summed E-state index contributed by atoms with van der Waals surface area (Å²) in [6.07, 6.45) is 3.31. The summed E-state index contributed by atoms with van der Waals surface area (Å²) in [6.45, 7) is 5.15. The van der Waals surface area contributed by atoms with Crippen LogP contribution in [-0.4, -0.2) is 41.6 Å². The quantitative estimate of drug-likeness (QED) is 0.844. The molecule has 0 bridgehead atoms. The molecule has 110 valence electrons. The molecule has 1 N–H and O–H groups in total. The van der Waals surface area contributed by atoms with Crippen LogP contribution in [0, 0.1) is 0 Å². The van der Waals surface area contributed by atoms with Gasteiger partial charge in [-0.05, 0) is 43.7 Å². The third-order valence-electron chi connectivity index (χ3n) is 3.37. The van der Waals surface area contributed by atoms with E-state index in [1.165, 1.54) is 5.75 Å². The van der Waals surface area contributed by atoms with Crippen LogP contribution in [0.1, 0.15) is 20.3 Å². The highest BCUT2D eigenvalue weighted by molar-refractivity contribution is 7.98. The molecule has 0 aliphatic carbocycles. The maximum Gasteiger partial charge on any atom is 0.226 e. The van der Waals surface area contributed by atoms with Crippen molar-refractivity contribution in [1.29, 1.82) is 0 Å². The Bertz CT molecular complexity index is 555. The van der Waals surface area contributed by atoms with Crippen molar-refractivity contribution in [3.05, 3.63) is 11.4 Å². The van der Waals surface area contributed by atoms with Gasteiger partial charge in [-0.1, -0.05) is 0 Å². The topological polar surface area (TPSA) is 41.1 Å². The van der Waals surface area contributed by atoms with Gasteiger partial charge in [-0.15, -0.1) is 11.3 Å². The van der Waals surface area contributed by atoms with Crippen LogP contribution < -0.4 is 10.2 Å². The lowest BCUT2D eigenvalue weighted by molar-refractivity contribution is 0.664. The van der Waals surface area contributed by atoms with Gasteiger partial charge in [0.25, 0.3) is 0 Å². The standard InChI is InChI=1S/C14H22N4S2/c1-5-15-14-16-12(11-7-9-20-13(11)17-14)18(3)10(2)6-8-19-4/h7,9-10H,5-6,8H2,1-4H3,(H,15,16,17). The van der Waals surface area contributed by atoms with E-state index in [0.717, 1.165) is 34.9 Å². The zero-order valence-electron chi connectivity index (χ0n) is 12.5. The molecule has 0 spiro atoms. The van der Waals surface area contributed by atoms with Crippen LogP contribution in [-0.2, 0) is 0 Å². The molecular formula is C14H22N4S2. The summed E-state index contributed by atoms with van der Waals surface area (Å²) in [7, 11) is 2.13. The summed E-state index contributed by atoms with van der Waals surface area (Å²) in [6, 6.07) is 2.58. The van der Waals surface area contributed by atoms with Crippen LogP contribution >= 0.6 is 23.1 Å². The molecule has 20 heavy (non-hydrogen) atoms. The second kappa shape index (κ2) is 7.13. The molecule has 1 atom stereocenters. The molecule has 0 saturated heterocycles. The minimum absolute atomic E-state index is 0.468. The lowest BCUT2D eigenvalue weighted by atomic mass is 10.2. The molecule has 0 radical (unpaired) electrons. The van der Waals surface area contributed by atoms with E-state index in [4.69, 9.17) is 4.98 Å². The van der Waals surface area contributed by atoms with Gasteiger partial charge >= 0.3 is 0 Å². The first-order valence-electron chi connectivity index (χ1n) is 6.88. The van der Waals surface area contributed by atoms with E-state index in [2.05, 4.69) is 53.8 Å². The number of fused-ring (bicyclic) bond motifs is 1. The van der Waals surface area contributed by atoms with E-state index in [9.17, 15) is 0 Å². The molecule has 1 unspecified atom stereocenters. The molecule has 0 aliphatic rings. The molecule has 2 aromatic rings. The van der Waals surface area contributed by atoms with Gasteiger partial charge in [0.05, 0.1) is 5.39 Å². The largest absolute Gasteiger partial charge is 0.356 e. The van der Waals surface area contributed by atoms with Crippen molar-refractivity contribution in [3.8, 4) is 0 Å². The maximum absolute atomic E-state index is 4.70. The molecule has 6 heteroatoms. The molecule has 0 saturated carbocycles. The zero-order valence-corrected chi connectivity index (χ0v) is 14.1. The first-order valence-corrected chi connectivity index (χ1v) is 9.15. The van der Waals surface area contributed by atoms with Crippen LogP contribution in [0.4, 0.5) is 11.8 Å². The van der Waals surface area contributed by atoms with Crippen molar-refractivity contribution >= 4 is 45.1 Å². The van der Waals surface area contributed by atoms with Gasteiger partial charge in [-0.2, -0.15) is 16.7 Å². The van der Waals surface area contributed by atoms with Crippen molar-refractivity contribution in [2.24, 2.45) is 0 Å². The van der Waals surface area contributed by atoms with Crippen LogP contribution in [0.5, 0.6) is 0 Å². The van der Waals surface area contributed by atoms with Gasteiger partial charge in [0.2, 0.25) is 5.95 Å². The number of aromatic nitrogens is 2. The van der Waals surface area contributed by atoms with E-state index in [0.29, 0.717) is 6.04 Å². The van der Waals surface area contributed by atoms with Crippen LogP contribution in [0.2, 0.25) is 0 Å². The number of rotatable bonds is 7. The van der Waals surface area contributed by atoms with Crippen LogP contribution in [0.15, 0.2) is 11.4 Å². The Morgan fingerprint density at radius 3 is 2.95 bits per heavy atom. The third kappa shape index (κ3) is 3.35. The van der Waals surface area contributed by atoms with Gasteiger partial charge in [0.15, 0.2) is 0 Å². The maximum atomic E-state index is 4.70. The molecule has 2 rings (SSSR count). The highest BCUT2D eigenvalue weighted by Gasteiger charge is 2.16. The van der Waals surface area contributed by atoms with E-state index < -0.39 is 0 Å². The number of hydrogen-bond donors (Lipinski definition) is 1. The highest BCUT2D eigenvalue weighted by atomic mass is 32.2. The summed E-state index contributed by atoms with van der Waals surface area (Å²) >= 11 is 3.56. The average Bonchev–Trinajstić information content (AvgIpc) is 2.91. The Morgan fingerprint density at radius 1 is 1.45 bits per heavy atom. The number of hydrogen-bond acceptors (Lipinski definition) is 6. The Balaban J connectivity index is 2.33. The van der Waals surface area contributed by atoms with Crippen molar-refractivity contribution in [2.45, 2.75) is 26.3 Å². The van der Waals surface area contributed by atoms with Crippen molar-refractivity contribution < 1.29 is 0 Å². The molecule has 0 amide bonds. The second-order valence-electron chi connectivity index (χ2n) is 4.78. The van der Waals surface area contributed by atoms with E-state index in [1.54, 1.807) is 11.3 Å². The van der Waals surface area contributed by atoms with Crippen molar-refractivity contribution in [2.75, 3.05) is 35.8 Å². The minimum atomic E-state index is 0.468. The number of thiophene rings is 1. The van der Waals surface area contributed by atoms with Crippen LogP contribution in [0.25, 0.3) is 10.2 Å². The van der Waals surface area contributed by atoms with Crippen LogP contribution in [0.3, 0.4) is 0 Å². The number of nitrogens with zero attached hydrogens (tertiary/aromatic N) is 3. The third-order valence-corrected chi connectivity index (χ3v) is 4.83. The summed E-state index contributed by atoms with van der Waals surface area (Å²) in [5, 5.41) is 6.45. The Kier molecular flexibility index (Phi) is 5.48. The lowest BCUT2D eigenvalue weighted by Gasteiger charge is -2.26. The van der Waals surface area contributed by atoms with E-state index in [1.807, 2.05) is 11.8 Å². The zero-order chi connectivity index (χ0) is 14.5. The number of nitrogens with one attached hydrogen (secondary N) is 1. The smallest absolute Gasteiger partial charge is 0.226 e. The SMILES string of the molecule is CCNc1nc(N(C)C(C)CCSC)c2ccsc2n1. The second-order valence-corrected chi connectivity index (χ2v) is 6.66. The number of thioether (sulfide) groups is 1. The summed E-state index contributed by atoms with van der Waals surface area (Å²) in [5.41, 5.74) is 0. The summed E-state index contributed by atoms with van der Waals surface area (Å²) in [5.74, 6) is 2.92. The Hall–Kier alpha value is -1.01. The predicted molar refractivity (Wildman–Crippen MR) is 92.4 cm³/mol. The van der Waals surface area contributed by atoms with Gasteiger partial charge in [0.1, 0.15) is 10.6 Å². The first-order chi connectivity index (χ1) is 9.67. The molecule has 4 nitrogen and oxygen atoms in total. The Labute approximate surface area is 129 Å². The average molecular weight is 310 g/mol. The van der Waals surface area contributed by atoms with E-state index >= 15 is 0 Å². The molecule has 2 aromatic heterocycles. The number of anilines is 2. The molecular weight excluding hydrogens is 288 g/mol. The molecule has 2 heterocycles. The molecule has 0 aliphatic heterocycles. The Morgan fingerprint density at radius 2 is 2.25 bits per heavy atom. The van der Waals surface area contributed by atoms with Gasteiger partial charge in [0, 0.05) is 19.6 Å². The normalized spacial score (nSPS) is 12.6. The molecule has 0 fully saturated rings.